The van der Waals surface area contributed by atoms with Crippen LogP contribution in [0.2, 0.25) is 25.2 Å². The molecule has 3 aromatic rings. The molecule has 0 atom stereocenters. The zero-order chi connectivity index (χ0) is 23.4. The summed E-state index contributed by atoms with van der Waals surface area (Å²) in [6.45, 7) is 0. The predicted octanol–water partition coefficient (Wildman–Crippen LogP) is 6.97. The number of benzene rings is 2. The molecule has 1 aromatic heterocycles. The monoisotopic (exact) mass is 528 g/mol. The summed E-state index contributed by atoms with van der Waals surface area (Å²) in [6, 6.07) is 11.0. The number of ether oxygens (including phenoxy) is 1. The van der Waals surface area contributed by atoms with Crippen molar-refractivity contribution >= 4 is 75.6 Å². The van der Waals surface area contributed by atoms with Gasteiger partial charge in [-0.1, -0.05) is 64.1 Å². The fourth-order valence-corrected chi connectivity index (χ4v) is 3.76. The molecule has 0 saturated carbocycles. The van der Waals surface area contributed by atoms with Crippen LogP contribution in [-0.4, -0.2) is 16.9 Å². The molecule has 0 aliphatic carbocycles. The Bertz CT molecular complexity index is 1230. The van der Waals surface area contributed by atoms with Crippen LogP contribution in [0.25, 0.3) is 0 Å². The van der Waals surface area contributed by atoms with Gasteiger partial charge >= 0.3 is 6.03 Å². The van der Waals surface area contributed by atoms with Crippen LogP contribution in [-0.2, 0) is 0 Å². The summed E-state index contributed by atoms with van der Waals surface area (Å²) in [5, 5.41) is 13.6. The van der Waals surface area contributed by atoms with Gasteiger partial charge in [0.2, 0.25) is 5.88 Å². The number of urea groups is 1. The Morgan fingerprint density at radius 2 is 1.56 bits per heavy atom. The first kappa shape index (κ1) is 23.9. The maximum Gasteiger partial charge on any atom is 0.326 e. The summed E-state index contributed by atoms with van der Waals surface area (Å²) < 4.78 is 5.55. The van der Waals surface area contributed by atoms with Crippen molar-refractivity contribution in [3.63, 3.8) is 0 Å². The van der Waals surface area contributed by atoms with Crippen molar-refractivity contribution in [1.82, 2.24) is 10.3 Å². The van der Waals surface area contributed by atoms with Gasteiger partial charge in [0.05, 0.1) is 31.2 Å². The molecule has 0 aliphatic heterocycles. The maximum atomic E-state index is 12.3. The molecule has 0 saturated heterocycles. The van der Waals surface area contributed by atoms with Gasteiger partial charge in [0, 0.05) is 11.8 Å². The van der Waals surface area contributed by atoms with Crippen molar-refractivity contribution in [3.8, 4) is 17.7 Å². The van der Waals surface area contributed by atoms with Crippen LogP contribution in [0.1, 0.15) is 15.9 Å². The topological polar surface area (TPSA) is 104 Å². The SMILES string of the molecule is N#Cc1ccc(Oc2c(Cl)cc(NC(=O)NC(=O)c3c(Cl)cccc3Cl)cc2Cl)nc1Cl. The van der Waals surface area contributed by atoms with E-state index in [0.29, 0.717) is 0 Å². The minimum Gasteiger partial charge on any atom is -0.436 e. The van der Waals surface area contributed by atoms with Gasteiger partial charge in [-0.15, -0.1) is 0 Å². The Hall–Kier alpha value is -2.73. The van der Waals surface area contributed by atoms with Gasteiger partial charge in [-0.25, -0.2) is 4.79 Å². The van der Waals surface area contributed by atoms with E-state index in [2.05, 4.69) is 15.6 Å². The van der Waals surface area contributed by atoms with E-state index < -0.39 is 11.9 Å². The fourth-order valence-electron chi connectivity index (χ4n) is 2.43. The summed E-state index contributed by atoms with van der Waals surface area (Å²) in [7, 11) is 0. The Labute approximate surface area is 206 Å². The Morgan fingerprint density at radius 1 is 0.938 bits per heavy atom. The number of nitrogens with one attached hydrogen (secondary N) is 2. The maximum absolute atomic E-state index is 12.3. The van der Waals surface area contributed by atoms with E-state index in [1.165, 1.54) is 36.4 Å². The quantitative estimate of drug-likeness (QED) is 0.354. The van der Waals surface area contributed by atoms with Gasteiger partial charge in [-0.05, 0) is 30.3 Å². The van der Waals surface area contributed by atoms with Crippen molar-refractivity contribution < 1.29 is 14.3 Å². The molecule has 0 unspecified atom stereocenters. The molecule has 3 rings (SSSR count). The van der Waals surface area contributed by atoms with Crippen molar-refractivity contribution in [1.29, 1.82) is 5.26 Å². The number of anilines is 1. The van der Waals surface area contributed by atoms with Gasteiger partial charge in [-0.3, -0.25) is 10.1 Å². The highest BCUT2D eigenvalue weighted by Gasteiger charge is 2.18. The molecular weight excluding hydrogens is 522 g/mol. The van der Waals surface area contributed by atoms with Crippen molar-refractivity contribution in [2.45, 2.75) is 0 Å². The molecule has 0 bridgehead atoms. The summed E-state index contributed by atoms with van der Waals surface area (Å²) >= 11 is 30.2. The molecule has 0 fully saturated rings. The number of aromatic nitrogens is 1. The van der Waals surface area contributed by atoms with Crippen molar-refractivity contribution in [2.24, 2.45) is 0 Å². The minimum absolute atomic E-state index is 0.0376. The first-order valence-corrected chi connectivity index (χ1v) is 10.4. The van der Waals surface area contributed by atoms with Gasteiger partial charge in [0.1, 0.15) is 6.07 Å². The molecule has 0 spiro atoms. The summed E-state index contributed by atoms with van der Waals surface area (Å²) in [5.41, 5.74) is 0.308. The summed E-state index contributed by atoms with van der Waals surface area (Å²) in [6.07, 6.45) is 0. The number of hydrogen-bond acceptors (Lipinski definition) is 5. The second kappa shape index (κ2) is 10.3. The standard InChI is InChI=1S/C20H9Cl5N4O3/c21-11-2-1-3-12(22)16(11)19(30)29-20(31)27-10-6-13(23)17(14(24)7-10)32-15-5-4-9(8-26)18(25)28-15/h1-7H,(H2,27,29,30,31). The van der Waals surface area contributed by atoms with Crippen LogP contribution in [0, 0.1) is 11.3 Å². The molecule has 0 aliphatic rings. The molecule has 2 N–H and O–H groups in total. The normalized spacial score (nSPS) is 10.2. The number of carbonyl (C=O) groups is 2. The third kappa shape index (κ3) is 5.54. The first-order chi connectivity index (χ1) is 15.2. The van der Waals surface area contributed by atoms with Crippen LogP contribution in [0.15, 0.2) is 42.5 Å². The molecule has 1 heterocycles. The number of rotatable bonds is 4. The molecule has 7 nitrogen and oxygen atoms in total. The van der Waals surface area contributed by atoms with E-state index in [4.69, 9.17) is 68.0 Å². The van der Waals surface area contributed by atoms with Crippen LogP contribution in [0.3, 0.4) is 0 Å². The van der Waals surface area contributed by atoms with Crippen LogP contribution in [0.4, 0.5) is 10.5 Å². The van der Waals surface area contributed by atoms with E-state index >= 15 is 0 Å². The van der Waals surface area contributed by atoms with Crippen molar-refractivity contribution in [3.05, 3.63) is 78.8 Å². The van der Waals surface area contributed by atoms with Gasteiger partial charge in [0.25, 0.3) is 5.91 Å². The van der Waals surface area contributed by atoms with Crippen LogP contribution < -0.4 is 15.4 Å². The van der Waals surface area contributed by atoms with E-state index in [0.717, 1.165) is 0 Å². The van der Waals surface area contributed by atoms with Crippen LogP contribution in [0.5, 0.6) is 11.6 Å². The Balaban J connectivity index is 1.73. The fraction of sp³-hybridized carbons (Fsp3) is 0. The van der Waals surface area contributed by atoms with Crippen LogP contribution >= 0.6 is 58.0 Å². The lowest BCUT2D eigenvalue weighted by atomic mass is 10.2. The van der Waals surface area contributed by atoms with E-state index in [-0.39, 0.29) is 53.7 Å². The molecular formula is C20H9Cl5N4O3. The number of carbonyl (C=O) groups excluding carboxylic acids is 2. The third-order valence-electron chi connectivity index (χ3n) is 3.82. The lowest BCUT2D eigenvalue weighted by Crippen LogP contribution is -2.34. The summed E-state index contributed by atoms with van der Waals surface area (Å²) in [5.74, 6) is -0.691. The number of pyridine rings is 1. The second-order valence-corrected chi connectivity index (χ2v) is 7.96. The largest absolute Gasteiger partial charge is 0.436 e. The number of amides is 3. The number of imide groups is 1. The highest BCUT2D eigenvalue weighted by atomic mass is 35.5. The Morgan fingerprint density at radius 3 is 2.12 bits per heavy atom. The lowest BCUT2D eigenvalue weighted by molar-refractivity contribution is 0.0967. The van der Waals surface area contributed by atoms with E-state index in [9.17, 15) is 9.59 Å². The van der Waals surface area contributed by atoms with Crippen molar-refractivity contribution in [2.75, 3.05) is 5.32 Å². The Kier molecular flexibility index (Phi) is 7.67. The highest BCUT2D eigenvalue weighted by Crippen LogP contribution is 2.38. The predicted molar refractivity (Wildman–Crippen MR) is 123 cm³/mol. The second-order valence-electron chi connectivity index (χ2n) is 5.98. The molecule has 12 heteroatoms. The number of hydrogen-bond donors (Lipinski definition) is 2. The van der Waals surface area contributed by atoms with E-state index in [1.54, 1.807) is 6.07 Å². The molecule has 32 heavy (non-hydrogen) atoms. The highest BCUT2D eigenvalue weighted by molar-refractivity contribution is 6.40. The molecule has 162 valence electrons. The first-order valence-electron chi connectivity index (χ1n) is 8.49. The number of nitriles is 1. The zero-order valence-electron chi connectivity index (χ0n) is 15.6. The molecule has 0 radical (unpaired) electrons. The van der Waals surface area contributed by atoms with Gasteiger partial charge in [0.15, 0.2) is 10.9 Å². The molecule has 3 amide bonds. The van der Waals surface area contributed by atoms with E-state index in [1.807, 2.05) is 6.07 Å². The summed E-state index contributed by atoms with van der Waals surface area (Å²) in [4.78, 5) is 28.5. The lowest BCUT2D eigenvalue weighted by Gasteiger charge is -2.13. The van der Waals surface area contributed by atoms with Gasteiger partial charge < -0.3 is 10.1 Å². The van der Waals surface area contributed by atoms with Gasteiger partial charge in [-0.2, -0.15) is 10.2 Å². The third-order valence-corrected chi connectivity index (χ3v) is 5.30. The number of nitrogens with zero attached hydrogens (tertiary/aromatic N) is 2. The average Bonchev–Trinajstić information content (AvgIpc) is 2.70. The zero-order valence-corrected chi connectivity index (χ0v) is 19.3. The molecule has 2 aromatic carbocycles. The number of halogens is 5. The average molecular weight is 531 g/mol. The smallest absolute Gasteiger partial charge is 0.326 e. The minimum atomic E-state index is -0.868.